The van der Waals surface area contributed by atoms with E-state index in [-0.39, 0.29) is 22.6 Å². The largest absolute Gasteiger partial charge is 0.507 e. The van der Waals surface area contributed by atoms with Crippen molar-refractivity contribution in [1.82, 2.24) is 0 Å². The average Bonchev–Trinajstić information content (AvgIpc) is 2.85. The molecular formula is C26H34O6S4. The Bertz CT molecular complexity index is 892. The van der Waals surface area contributed by atoms with Crippen LogP contribution in [0, 0.1) is 0 Å². The average molecular weight is 571 g/mol. The number of aromatic hydroxyl groups is 2. The quantitative estimate of drug-likeness (QED) is 0.108. The van der Waals surface area contributed by atoms with Gasteiger partial charge in [-0.2, -0.15) is 23.5 Å². The Morgan fingerprint density at radius 2 is 0.972 bits per heavy atom. The van der Waals surface area contributed by atoms with Gasteiger partial charge in [-0.15, -0.1) is 0 Å². The molecule has 0 aliphatic carbocycles. The molecule has 0 atom stereocenters. The molecule has 2 aromatic carbocycles. The number of carboxylic acid groups (broad SMARTS) is 2. The van der Waals surface area contributed by atoms with Crippen LogP contribution in [0.25, 0.3) is 0 Å². The molecule has 0 unspecified atom stereocenters. The van der Waals surface area contributed by atoms with Gasteiger partial charge in [0.25, 0.3) is 0 Å². The molecule has 4 N–H and O–H groups in total. The Kier molecular flexibility index (Phi) is 15.1. The zero-order valence-electron chi connectivity index (χ0n) is 20.2. The lowest BCUT2D eigenvalue weighted by Crippen LogP contribution is -1.99. The van der Waals surface area contributed by atoms with E-state index in [4.69, 9.17) is 10.2 Å². The van der Waals surface area contributed by atoms with Gasteiger partial charge in [0.15, 0.2) is 0 Å². The fraction of sp³-hybridized carbons (Fsp3) is 0.462. The Balaban J connectivity index is 1.37. The van der Waals surface area contributed by atoms with E-state index in [9.17, 15) is 19.8 Å². The van der Waals surface area contributed by atoms with Crippen molar-refractivity contribution < 1.29 is 30.0 Å². The summed E-state index contributed by atoms with van der Waals surface area (Å²) in [5.74, 6) is 4.09. The number of carbonyl (C=O) groups is 2. The summed E-state index contributed by atoms with van der Waals surface area (Å²) in [6, 6.07) is 9.61. The number of hydrogen-bond donors (Lipinski definition) is 4. The van der Waals surface area contributed by atoms with Crippen LogP contribution in [0.4, 0.5) is 0 Å². The van der Waals surface area contributed by atoms with Crippen molar-refractivity contribution in [3.8, 4) is 11.5 Å². The van der Waals surface area contributed by atoms with Crippen LogP contribution in [-0.2, 0) is 12.8 Å². The van der Waals surface area contributed by atoms with Gasteiger partial charge in [-0.25, -0.2) is 9.59 Å². The second kappa shape index (κ2) is 17.8. The first kappa shape index (κ1) is 30.6. The van der Waals surface area contributed by atoms with Crippen molar-refractivity contribution in [2.45, 2.75) is 38.5 Å². The maximum atomic E-state index is 11.1. The summed E-state index contributed by atoms with van der Waals surface area (Å²) in [6.45, 7) is 0. The molecule has 0 radical (unpaired) electrons. The van der Waals surface area contributed by atoms with E-state index in [0.29, 0.717) is 0 Å². The zero-order chi connectivity index (χ0) is 26.2. The summed E-state index contributed by atoms with van der Waals surface area (Å²) in [4.78, 5) is 22.2. The van der Waals surface area contributed by atoms with Gasteiger partial charge in [-0.1, -0.05) is 33.7 Å². The summed E-state index contributed by atoms with van der Waals surface area (Å²) < 4.78 is 0. The lowest BCUT2D eigenvalue weighted by atomic mass is 10.1. The molecule has 0 bridgehead atoms. The minimum atomic E-state index is -1.10. The van der Waals surface area contributed by atoms with Crippen LogP contribution in [0.15, 0.2) is 36.4 Å². The monoisotopic (exact) mass is 570 g/mol. The van der Waals surface area contributed by atoms with Crippen LogP contribution in [0.1, 0.15) is 57.5 Å². The van der Waals surface area contributed by atoms with E-state index in [1.54, 1.807) is 24.3 Å². The maximum Gasteiger partial charge on any atom is 0.339 e. The van der Waals surface area contributed by atoms with Crippen molar-refractivity contribution in [2.24, 2.45) is 0 Å². The first-order valence-electron chi connectivity index (χ1n) is 11.9. The summed E-state index contributed by atoms with van der Waals surface area (Å²) >= 11 is 3.87. The van der Waals surface area contributed by atoms with Crippen LogP contribution in [0.2, 0.25) is 0 Å². The standard InChI is InChI=1S/C26H34O6S4/c27-23-9-7-19(17-21(23)25(29)30)5-1-11-33-13-3-15-35-36-16-4-14-34-12-2-6-20-8-10-24(28)22(18-20)26(31)32/h7-10,17-18,27-28H,1-6,11-16H2,(H,29,30)(H,31,32). The highest BCUT2D eigenvalue weighted by Gasteiger charge is 2.11. The Labute approximate surface area is 229 Å². The van der Waals surface area contributed by atoms with Crippen LogP contribution < -0.4 is 0 Å². The third kappa shape index (κ3) is 12.1. The Hall–Kier alpha value is -1.62. The lowest BCUT2D eigenvalue weighted by Gasteiger charge is -2.06. The second-order valence-electron chi connectivity index (χ2n) is 8.10. The highest BCUT2D eigenvalue weighted by atomic mass is 33.1. The number of phenols is 2. The van der Waals surface area contributed by atoms with Gasteiger partial charge < -0.3 is 20.4 Å². The van der Waals surface area contributed by atoms with Crippen LogP contribution in [0.3, 0.4) is 0 Å². The molecule has 0 heterocycles. The number of carboxylic acids is 2. The molecule has 0 aliphatic heterocycles. The molecular weight excluding hydrogens is 537 g/mol. The minimum Gasteiger partial charge on any atom is -0.507 e. The predicted molar refractivity (Wildman–Crippen MR) is 156 cm³/mol. The van der Waals surface area contributed by atoms with Crippen molar-refractivity contribution in [3.05, 3.63) is 58.7 Å². The molecule has 0 aliphatic rings. The molecule has 198 valence electrons. The summed E-state index contributed by atoms with van der Waals surface area (Å²) in [5, 5.41) is 37.3. The van der Waals surface area contributed by atoms with E-state index in [2.05, 4.69) is 0 Å². The van der Waals surface area contributed by atoms with Gasteiger partial charge in [0.05, 0.1) is 0 Å². The van der Waals surface area contributed by atoms with Crippen molar-refractivity contribution in [1.29, 1.82) is 0 Å². The lowest BCUT2D eigenvalue weighted by molar-refractivity contribution is 0.0682. The van der Waals surface area contributed by atoms with Gasteiger partial charge in [0.1, 0.15) is 22.6 Å². The van der Waals surface area contributed by atoms with Gasteiger partial charge >= 0.3 is 11.9 Å². The molecule has 36 heavy (non-hydrogen) atoms. The van der Waals surface area contributed by atoms with Crippen LogP contribution >= 0.6 is 45.1 Å². The topological polar surface area (TPSA) is 115 Å². The molecule has 0 saturated heterocycles. The molecule has 6 nitrogen and oxygen atoms in total. The van der Waals surface area contributed by atoms with E-state index in [1.807, 2.05) is 45.1 Å². The molecule has 0 spiro atoms. The first-order valence-corrected chi connectivity index (χ1v) is 16.7. The van der Waals surface area contributed by atoms with E-state index < -0.39 is 11.9 Å². The Morgan fingerprint density at radius 1 is 0.583 bits per heavy atom. The normalized spacial score (nSPS) is 11.0. The van der Waals surface area contributed by atoms with Crippen LogP contribution in [0.5, 0.6) is 11.5 Å². The fourth-order valence-corrected chi connectivity index (χ4v) is 7.68. The summed E-state index contributed by atoms with van der Waals surface area (Å²) in [5.41, 5.74) is 1.83. The highest BCUT2D eigenvalue weighted by Crippen LogP contribution is 2.25. The zero-order valence-corrected chi connectivity index (χ0v) is 23.5. The summed E-state index contributed by atoms with van der Waals surface area (Å²) in [6.07, 6.45) is 5.98. The molecule has 2 aromatic rings. The minimum absolute atomic E-state index is 0.0310. The second-order valence-corrected chi connectivity index (χ2v) is 13.2. The van der Waals surface area contributed by atoms with Crippen LogP contribution in [-0.4, -0.2) is 66.9 Å². The van der Waals surface area contributed by atoms with Gasteiger partial charge in [-0.3, -0.25) is 0 Å². The Morgan fingerprint density at radius 3 is 1.36 bits per heavy atom. The molecule has 0 fully saturated rings. The third-order valence-corrected chi connectivity index (χ3v) is 10.1. The number of aryl methyl sites for hydroxylation is 2. The number of rotatable bonds is 19. The van der Waals surface area contributed by atoms with Crippen molar-refractivity contribution >= 4 is 57.1 Å². The fourth-order valence-electron chi connectivity index (χ4n) is 3.34. The third-order valence-electron chi connectivity index (χ3n) is 5.21. The predicted octanol–water partition coefficient (Wildman–Crippen LogP) is 6.69. The molecule has 0 amide bonds. The number of thioether (sulfide) groups is 2. The number of hydrogen-bond acceptors (Lipinski definition) is 8. The van der Waals surface area contributed by atoms with E-state index >= 15 is 0 Å². The van der Waals surface area contributed by atoms with Crippen molar-refractivity contribution in [3.63, 3.8) is 0 Å². The smallest absolute Gasteiger partial charge is 0.339 e. The van der Waals surface area contributed by atoms with Crippen molar-refractivity contribution in [2.75, 3.05) is 34.5 Å². The highest BCUT2D eigenvalue weighted by molar-refractivity contribution is 8.76. The van der Waals surface area contributed by atoms with Gasteiger partial charge in [0.2, 0.25) is 0 Å². The first-order chi connectivity index (χ1) is 17.4. The SMILES string of the molecule is O=C(O)c1cc(CCCSCCCSSCCCSCCCc2ccc(O)c(C(=O)O)c2)ccc1O. The maximum absolute atomic E-state index is 11.1. The molecule has 0 saturated carbocycles. The van der Waals surface area contributed by atoms with E-state index in [1.165, 1.54) is 25.0 Å². The van der Waals surface area contributed by atoms with Gasteiger partial charge in [0, 0.05) is 11.5 Å². The summed E-state index contributed by atoms with van der Waals surface area (Å²) in [7, 11) is 3.87. The number of aromatic carboxylic acids is 2. The van der Waals surface area contributed by atoms with E-state index in [0.717, 1.165) is 71.3 Å². The molecule has 10 heteroatoms. The molecule has 2 rings (SSSR count). The number of benzene rings is 2. The van der Waals surface area contributed by atoms with Gasteiger partial charge in [-0.05, 0) is 96.9 Å². The molecule has 0 aromatic heterocycles.